The van der Waals surface area contributed by atoms with Gasteiger partial charge in [-0.05, 0) is 36.1 Å². The van der Waals surface area contributed by atoms with E-state index in [1.54, 1.807) is 0 Å². The van der Waals surface area contributed by atoms with E-state index in [1.807, 2.05) is 23.6 Å². The van der Waals surface area contributed by atoms with Gasteiger partial charge < -0.3 is 5.32 Å². The Morgan fingerprint density at radius 2 is 1.82 bits per heavy atom. The number of aromatic nitrogens is 1. The van der Waals surface area contributed by atoms with E-state index < -0.39 is 0 Å². The average molecular weight is 297 g/mol. The number of carbonyl (C=O) groups excluding carboxylic acids is 1. The van der Waals surface area contributed by atoms with E-state index in [4.69, 9.17) is 0 Å². The van der Waals surface area contributed by atoms with Crippen molar-refractivity contribution >= 4 is 11.6 Å². The molecule has 0 aliphatic carbocycles. The number of carbonyl (C=O) groups is 1. The summed E-state index contributed by atoms with van der Waals surface area (Å²) in [5.74, 6) is 0.499. The van der Waals surface area contributed by atoms with Crippen molar-refractivity contribution in [2.45, 2.75) is 46.6 Å². The second-order valence-electron chi connectivity index (χ2n) is 5.99. The first-order valence-corrected chi connectivity index (χ1v) is 7.88. The molecule has 0 atom stereocenters. The Bertz CT molecular complexity index is 645. The van der Waals surface area contributed by atoms with E-state index in [2.05, 4.69) is 56.6 Å². The van der Waals surface area contributed by atoms with Gasteiger partial charge in [-0.15, -0.1) is 0 Å². The van der Waals surface area contributed by atoms with Gasteiger partial charge in [0, 0.05) is 24.2 Å². The van der Waals surface area contributed by atoms with Crippen molar-refractivity contribution in [1.29, 1.82) is 0 Å². The van der Waals surface area contributed by atoms with E-state index in [9.17, 15) is 4.79 Å². The lowest BCUT2D eigenvalue weighted by atomic mass is 10.0. The molecule has 1 N–H and O–H groups in total. The smallest absolute Gasteiger partial charge is 0.290 e. The van der Waals surface area contributed by atoms with Gasteiger partial charge in [0.2, 0.25) is 6.54 Å². The van der Waals surface area contributed by atoms with Crippen LogP contribution in [0.1, 0.15) is 43.5 Å². The molecule has 0 fully saturated rings. The third-order valence-corrected chi connectivity index (χ3v) is 3.90. The summed E-state index contributed by atoms with van der Waals surface area (Å²) in [4.78, 5) is 12.2. The Balaban J connectivity index is 2.03. The van der Waals surface area contributed by atoms with Crippen molar-refractivity contribution in [2.24, 2.45) is 0 Å². The predicted octanol–water partition coefficient (Wildman–Crippen LogP) is 3.61. The molecule has 116 valence electrons. The molecule has 1 aromatic heterocycles. The summed E-state index contributed by atoms with van der Waals surface area (Å²) in [5, 5.41) is 2.96. The Morgan fingerprint density at radius 3 is 2.41 bits per heavy atom. The van der Waals surface area contributed by atoms with Gasteiger partial charge in [0.05, 0.1) is 0 Å². The van der Waals surface area contributed by atoms with E-state index in [1.165, 1.54) is 11.1 Å². The summed E-state index contributed by atoms with van der Waals surface area (Å²) in [6.07, 6.45) is 3.02. The van der Waals surface area contributed by atoms with Crippen LogP contribution < -0.4 is 9.88 Å². The number of nitrogens with one attached hydrogen (secondary N) is 1. The SMILES string of the molecule is CCc1ccc(C)[n+](CC(=O)Nc2ccc(C(C)C)cc2)c1. The zero-order chi connectivity index (χ0) is 16.1. The second kappa shape index (κ2) is 7.21. The zero-order valence-corrected chi connectivity index (χ0v) is 13.9. The number of benzene rings is 1. The molecule has 0 saturated carbocycles. The largest absolute Gasteiger partial charge is 0.321 e. The van der Waals surface area contributed by atoms with Crippen molar-refractivity contribution < 1.29 is 9.36 Å². The molecule has 2 aromatic rings. The molecule has 2 rings (SSSR count). The van der Waals surface area contributed by atoms with Crippen molar-refractivity contribution in [3.05, 3.63) is 59.4 Å². The van der Waals surface area contributed by atoms with Gasteiger partial charge in [0.1, 0.15) is 0 Å². The molecule has 3 heteroatoms. The second-order valence-corrected chi connectivity index (χ2v) is 5.99. The maximum atomic E-state index is 12.2. The highest BCUT2D eigenvalue weighted by Gasteiger charge is 2.13. The fourth-order valence-electron chi connectivity index (χ4n) is 2.35. The topological polar surface area (TPSA) is 33.0 Å². The van der Waals surface area contributed by atoms with E-state index in [0.717, 1.165) is 17.8 Å². The summed E-state index contributed by atoms with van der Waals surface area (Å²) >= 11 is 0. The molecule has 1 aromatic carbocycles. The molecule has 22 heavy (non-hydrogen) atoms. The lowest BCUT2D eigenvalue weighted by Crippen LogP contribution is -2.43. The number of pyridine rings is 1. The van der Waals surface area contributed by atoms with Crippen LogP contribution in [0.5, 0.6) is 0 Å². The van der Waals surface area contributed by atoms with Crippen molar-refractivity contribution in [2.75, 3.05) is 5.32 Å². The molecule has 0 bridgehead atoms. The van der Waals surface area contributed by atoms with Crippen molar-refractivity contribution in [1.82, 2.24) is 0 Å². The Hall–Kier alpha value is -2.16. The third-order valence-electron chi connectivity index (χ3n) is 3.90. The van der Waals surface area contributed by atoms with Crippen LogP contribution in [0.4, 0.5) is 5.69 Å². The molecule has 3 nitrogen and oxygen atoms in total. The molecular weight excluding hydrogens is 272 g/mol. The summed E-state index contributed by atoms with van der Waals surface area (Å²) in [5.41, 5.74) is 4.44. The minimum Gasteiger partial charge on any atom is -0.321 e. The Morgan fingerprint density at radius 1 is 1.14 bits per heavy atom. The monoisotopic (exact) mass is 297 g/mol. The minimum atomic E-state index is -0.00125. The molecule has 0 aliphatic heterocycles. The standard InChI is InChI=1S/C19H24N2O/c1-5-16-7-6-15(4)21(12-16)13-19(22)20-18-10-8-17(9-11-18)14(2)3/h6-12,14H,5,13H2,1-4H3/p+1. The van der Waals surface area contributed by atoms with Gasteiger partial charge in [-0.1, -0.05) is 32.9 Å². The first-order valence-electron chi connectivity index (χ1n) is 7.88. The molecule has 0 spiro atoms. The number of rotatable bonds is 5. The number of hydrogen-bond donors (Lipinski definition) is 1. The van der Waals surface area contributed by atoms with Crippen molar-refractivity contribution in [3.63, 3.8) is 0 Å². The highest BCUT2D eigenvalue weighted by atomic mass is 16.1. The summed E-state index contributed by atoms with van der Waals surface area (Å²) < 4.78 is 2.00. The fraction of sp³-hybridized carbons (Fsp3) is 0.368. The summed E-state index contributed by atoms with van der Waals surface area (Å²) in [6.45, 7) is 8.79. The molecule has 0 radical (unpaired) electrons. The first-order chi connectivity index (χ1) is 10.5. The van der Waals surface area contributed by atoms with E-state index >= 15 is 0 Å². The number of amides is 1. The normalized spacial score (nSPS) is 10.8. The van der Waals surface area contributed by atoms with E-state index in [0.29, 0.717) is 12.5 Å². The van der Waals surface area contributed by atoms with Crippen LogP contribution in [0.25, 0.3) is 0 Å². The number of hydrogen-bond acceptors (Lipinski definition) is 1. The highest BCUT2D eigenvalue weighted by molar-refractivity contribution is 5.89. The van der Waals surface area contributed by atoms with E-state index in [-0.39, 0.29) is 5.91 Å². The molecule has 1 heterocycles. The van der Waals surface area contributed by atoms with Gasteiger partial charge in [0.15, 0.2) is 11.9 Å². The quantitative estimate of drug-likeness (QED) is 0.840. The van der Waals surface area contributed by atoms with Gasteiger partial charge >= 0.3 is 0 Å². The van der Waals surface area contributed by atoms with Crippen LogP contribution in [-0.2, 0) is 17.8 Å². The van der Waals surface area contributed by atoms with Gasteiger partial charge in [-0.25, -0.2) is 0 Å². The predicted molar refractivity (Wildman–Crippen MR) is 89.9 cm³/mol. The zero-order valence-electron chi connectivity index (χ0n) is 13.9. The van der Waals surface area contributed by atoms with Crippen LogP contribution in [-0.4, -0.2) is 5.91 Å². The molecular formula is C19H25N2O+. The maximum absolute atomic E-state index is 12.2. The first kappa shape index (κ1) is 16.2. The molecule has 0 unspecified atom stereocenters. The van der Waals surface area contributed by atoms with Crippen LogP contribution in [0, 0.1) is 6.92 Å². The molecule has 1 amide bonds. The van der Waals surface area contributed by atoms with Crippen LogP contribution >= 0.6 is 0 Å². The lowest BCUT2D eigenvalue weighted by molar-refractivity contribution is -0.690. The number of anilines is 1. The van der Waals surface area contributed by atoms with Gasteiger partial charge in [-0.3, -0.25) is 4.79 Å². The van der Waals surface area contributed by atoms with Crippen LogP contribution in [0.2, 0.25) is 0 Å². The summed E-state index contributed by atoms with van der Waals surface area (Å²) in [6, 6.07) is 12.2. The average Bonchev–Trinajstić information content (AvgIpc) is 2.50. The van der Waals surface area contributed by atoms with Gasteiger partial charge in [-0.2, -0.15) is 4.57 Å². The molecule has 0 aliphatic rings. The summed E-state index contributed by atoms with van der Waals surface area (Å²) in [7, 11) is 0. The fourth-order valence-corrected chi connectivity index (χ4v) is 2.35. The van der Waals surface area contributed by atoms with Gasteiger partial charge in [0.25, 0.3) is 5.91 Å². The molecule has 0 saturated heterocycles. The Labute approximate surface area is 133 Å². The lowest BCUT2D eigenvalue weighted by Gasteiger charge is -2.08. The minimum absolute atomic E-state index is 0.00125. The van der Waals surface area contributed by atoms with Crippen molar-refractivity contribution in [3.8, 4) is 0 Å². The third kappa shape index (κ3) is 4.17. The maximum Gasteiger partial charge on any atom is 0.290 e. The van der Waals surface area contributed by atoms with Crippen LogP contribution in [0.15, 0.2) is 42.6 Å². The highest BCUT2D eigenvalue weighted by Crippen LogP contribution is 2.17. The van der Waals surface area contributed by atoms with Crippen LogP contribution in [0.3, 0.4) is 0 Å². The number of nitrogens with zero attached hydrogens (tertiary/aromatic N) is 1. The number of aryl methyl sites for hydroxylation is 2. The Kier molecular flexibility index (Phi) is 5.31.